The quantitative estimate of drug-likeness (QED) is 0.747. The number of hydrogen-bond donors (Lipinski definition) is 1. The minimum absolute atomic E-state index is 0.178. The molecule has 1 aromatic carbocycles. The van der Waals surface area contributed by atoms with Crippen LogP contribution in [0.1, 0.15) is 5.56 Å². The molecule has 0 unspecified atom stereocenters. The average Bonchev–Trinajstić information content (AvgIpc) is 2.01. The molecule has 0 spiro atoms. The Kier molecular flexibility index (Phi) is 2.91. The summed E-state index contributed by atoms with van der Waals surface area (Å²) in [6, 6.07) is 2.26. The summed E-state index contributed by atoms with van der Waals surface area (Å²) in [7, 11) is 0. The van der Waals surface area contributed by atoms with Crippen LogP contribution in [-0.2, 0) is 4.79 Å². The van der Waals surface area contributed by atoms with E-state index in [0.717, 1.165) is 12.1 Å². The molecule has 0 radical (unpaired) electrons. The molecule has 1 N–H and O–H groups in total. The van der Waals surface area contributed by atoms with Gasteiger partial charge in [0.25, 0.3) is 0 Å². The number of rotatable bonds is 2. The first-order valence-electron chi connectivity index (χ1n) is 3.55. The van der Waals surface area contributed by atoms with Crippen LogP contribution < -0.4 is 0 Å². The van der Waals surface area contributed by atoms with Crippen LogP contribution in [0.25, 0.3) is 6.08 Å². The Balaban J connectivity index is 3.08. The maximum Gasteiger partial charge on any atom is 0.364 e. The summed E-state index contributed by atoms with van der Waals surface area (Å²) in [5.41, 5.74) is -0.178. The Hall–Kier alpha value is -1.78. The molecule has 0 bridgehead atoms. The van der Waals surface area contributed by atoms with Crippen molar-refractivity contribution in [2.24, 2.45) is 0 Å². The van der Waals surface area contributed by atoms with E-state index in [9.17, 15) is 18.0 Å². The van der Waals surface area contributed by atoms with E-state index in [1.807, 2.05) is 0 Å². The summed E-state index contributed by atoms with van der Waals surface area (Å²) >= 11 is 0. The van der Waals surface area contributed by atoms with Crippen LogP contribution in [0.4, 0.5) is 13.2 Å². The first-order chi connectivity index (χ1) is 6.49. The molecule has 14 heavy (non-hydrogen) atoms. The van der Waals surface area contributed by atoms with E-state index >= 15 is 0 Å². The van der Waals surface area contributed by atoms with E-state index in [-0.39, 0.29) is 5.56 Å². The van der Waals surface area contributed by atoms with Crippen molar-refractivity contribution in [1.82, 2.24) is 0 Å². The normalized spacial score (nSPS) is 11.5. The predicted octanol–water partition coefficient (Wildman–Crippen LogP) is 2.36. The molecule has 1 aromatic rings. The lowest BCUT2D eigenvalue weighted by Crippen LogP contribution is -1.94. The minimum atomic E-state index is -1.78. The summed E-state index contributed by atoms with van der Waals surface area (Å²) in [4.78, 5) is 10.0. The van der Waals surface area contributed by atoms with Gasteiger partial charge in [-0.2, -0.15) is 4.39 Å². The van der Waals surface area contributed by atoms with Crippen molar-refractivity contribution in [3.8, 4) is 0 Å². The van der Waals surface area contributed by atoms with Crippen molar-refractivity contribution < 1.29 is 23.1 Å². The van der Waals surface area contributed by atoms with Crippen LogP contribution in [0.2, 0.25) is 0 Å². The van der Waals surface area contributed by atoms with E-state index in [4.69, 9.17) is 5.11 Å². The SMILES string of the molecule is O=C(O)/C(F)=C/c1cc(F)cc(F)c1. The van der Waals surface area contributed by atoms with Gasteiger partial charge >= 0.3 is 5.97 Å². The zero-order valence-electron chi connectivity index (χ0n) is 6.80. The lowest BCUT2D eigenvalue weighted by atomic mass is 10.2. The highest BCUT2D eigenvalue weighted by Crippen LogP contribution is 2.12. The van der Waals surface area contributed by atoms with Crippen molar-refractivity contribution in [3.63, 3.8) is 0 Å². The van der Waals surface area contributed by atoms with E-state index < -0.39 is 23.4 Å². The lowest BCUT2D eigenvalue weighted by Gasteiger charge is -1.95. The molecule has 0 aliphatic heterocycles. The van der Waals surface area contributed by atoms with Crippen molar-refractivity contribution in [1.29, 1.82) is 0 Å². The third kappa shape index (κ3) is 2.62. The van der Waals surface area contributed by atoms with Crippen LogP contribution in [0.15, 0.2) is 24.0 Å². The zero-order chi connectivity index (χ0) is 10.7. The predicted molar refractivity (Wildman–Crippen MR) is 43.1 cm³/mol. The number of carboxylic acid groups (broad SMARTS) is 1. The van der Waals surface area contributed by atoms with E-state index in [0.29, 0.717) is 12.1 Å². The molecular weight excluding hydrogens is 197 g/mol. The molecule has 74 valence electrons. The van der Waals surface area contributed by atoms with E-state index in [2.05, 4.69) is 0 Å². The third-order valence-corrected chi connectivity index (χ3v) is 1.38. The standard InChI is InChI=1S/C9H5F3O2/c10-6-1-5(2-7(11)4-6)3-8(12)9(13)14/h1-4H,(H,13,14)/b8-3-. The Morgan fingerprint density at radius 1 is 1.21 bits per heavy atom. The molecule has 1 rings (SSSR count). The Labute approximate surface area is 77.3 Å². The van der Waals surface area contributed by atoms with Crippen LogP contribution in [0, 0.1) is 11.6 Å². The summed E-state index contributed by atoms with van der Waals surface area (Å²) in [5, 5.41) is 8.15. The fourth-order valence-electron chi connectivity index (χ4n) is 0.867. The van der Waals surface area contributed by atoms with E-state index in [1.165, 1.54) is 0 Å². The summed E-state index contributed by atoms with van der Waals surface area (Å²) in [6.45, 7) is 0. The summed E-state index contributed by atoms with van der Waals surface area (Å²) < 4.78 is 37.6. The molecule has 5 heteroatoms. The molecule has 0 aromatic heterocycles. The number of benzene rings is 1. The molecule has 0 aliphatic carbocycles. The second-order valence-electron chi connectivity index (χ2n) is 2.50. The minimum Gasteiger partial charge on any atom is -0.476 e. The summed E-state index contributed by atoms with van der Waals surface area (Å²) in [5.74, 6) is -5.05. The van der Waals surface area contributed by atoms with Crippen molar-refractivity contribution in [2.45, 2.75) is 0 Å². The van der Waals surface area contributed by atoms with Crippen LogP contribution in [-0.4, -0.2) is 11.1 Å². The molecule has 0 heterocycles. The van der Waals surface area contributed by atoms with Gasteiger partial charge in [-0.1, -0.05) is 0 Å². The first-order valence-corrected chi connectivity index (χ1v) is 3.55. The van der Waals surface area contributed by atoms with Crippen molar-refractivity contribution in [2.75, 3.05) is 0 Å². The van der Waals surface area contributed by atoms with Crippen molar-refractivity contribution >= 4 is 12.0 Å². The molecule has 0 atom stereocenters. The molecule has 0 aliphatic rings. The van der Waals surface area contributed by atoms with Gasteiger partial charge in [-0.25, -0.2) is 13.6 Å². The first kappa shape index (κ1) is 10.3. The van der Waals surface area contributed by atoms with Crippen LogP contribution in [0.5, 0.6) is 0 Å². The van der Waals surface area contributed by atoms with Gasteiger partial charge in [0.15, 0.2) is 0 Å². The van der Waals surface area contributed by atoms with Gasteiger partial charge in [0.2, 0.25) is 5.83 Å². The molecule has 0 amide bonds. The largest absolute Gasteiger partial charge is 0.476 e. The number of carbonyl (C=O) groups is 1. The monoisotopic (exact) mass is 202 g/mol. The molecule has 0 saturated heterocycles. The smallest absolute Gasteiger partial charge is 0.364 e. The highest BCUT2D eigenvalue weighted by atomic mass is 19.1. The average molecular weight is 202 g/mol. The number of halogens is 3. The van der Waals surface area contributed by atoms with Gasteiger partial charge in [-0.15, -0.1) is 0 Å². The molecule has 0 fully saturated rings. The highest BCUT2D eigenvalue weighted by Gasteiger charge is 2.06. The van der Waals surface area contributed by atoms with Gasteiger partial charge in [0, 0.05) is 6.07 Å². The number of hydrogen-bond acceptors (Lipinski definition) is 1. The highest BCUT2D eigenvalue weighted by molar-refractivity contribution is 5.89. The van der Waals surface area contributed by atoms with Gasteiger partial charge < -0.3 is 5.11 Å². The summed E-state index contributed by atoms with van der Waals surface area (Å²) in [6.07, 6.45) is 0.536. The Morgan fingerprint density at radius 3 is 2.14 bits per heavy atom. The number of aliphatic carboxylic acids is 1. The second-order valence-corrected chi connectivity index (χ2v) is 2.50. The van der Waals surface area contributed by atoms with Gasteiger partial charge in [0.1, 0.15) is 11.6 Å². The maximum atomic E-state index is 12.5. The molecular formula is C9H5F3O2. The van der Waals surface area contributed by atoms with Crippen molar-refractivity contribution in [3.05, 3.63) is 41.2 Å². The Bertz CT molecular complexity index is 379. The number of carboxylic acids is 1. The Morgan fingerprint density at radius 2 is 1.71 bits per heavy atom. The fraction of sp³-hybridized carbons (Fsp3) is 0. The fourth-order valence-corrected chi connectivity index (χ4v) is 0.867. The zero-order valence-corrected chi connectivity index (χ0v) is 6.80. The maximum absolute atomic E-state index is 12.5. The molecule has 0 saturated carbocycles. The third-order valence-electron chi connectivity index (χ3n) is 1.38. The molecule has 2 nitrogen and oxygen atoms in total. The van der Waals surface area contributed by atoms with Gasteiger partial charge in [-0.05, 0) is 23.8 Å². The lowest BCUT2D eigenvalue weighted by molar-refractivity contribution is -0.134. The second kappa shape index (κ2) is 3.95. The topological polar surface area (TPSA) is 37.3 Å². The van der Waals surface area contributed by atoms with Crippen LogP contribution in [0.3, 0.4) is 0 Å². The van der Waals surface area contributed by atoms with Gasteiger partial charge in [0.05, 0.1) is 0 Å². The van der Waals surface area contributed by atoms with Crippen LogP contribution >= 0.6 is 0 Å². The van der Waals surface area contributed by atoms with Gasteiger partial charge in [-0.3, -0.25) is 0 Å². The van der Waals surface area contributed by atoms with E-state index in [1.54, 1.807) is 0 Å².